The highest BCUT2D eigenvalue weighted by Gasteiger charge is 2.28. The predicted molar refractivity (Wildman–Crippen MR) is 126 cm³/mol. The Labute approximate surface area is 162 Å². The van der Waals surface area contributed by atoms with Crippen molar-refractivity contribution in [2.75, 3.05) is 0 Å². The fourth-order valence-corrected chi connectivity index (χ4v) is 9.92. The quantitative estimate of drug-likeness (QED) is 0.434. The van der Waals surface area contributed by atoms with Crippen LogP contribution in [-0.4, -0.2) is 16.1 Å². The second kappa shape index (κ2) is 7.27. The topological polar surface area (TPSA) is 0 Å². The summed E-state index contributed by atoms with van der Waals surface area (Å²) >= 11 is 0. The van der Waals surface area contributed by atoms with Crippen LogP contribution in [0.3, 0.4) is 0 Å². The van der Waals surface area contributed by atoms with Crippen molar-refractivity contribution in [3.63, 3.8) is 0 Å². The van der Waals surface area contributed by atoms with E-state index in [1.165, 1.54) is 30.4 Å². The predicted octanol–water partition coefficient (Wildman–Crippen LogP) is 6.69. The first-order valence-electron chi connectivity index (χ1n) is 9.35. The molecule has 0 spiro atoms. The van der Waals surface area contributed by atoms with Gasteiger partial charge in [0.25, 0.3) is 0 Å². The third-order valence-electron chi connectivity index (χ3n) is 4.61. The van der Waals surface area contributed by atoms with Gasteiger partial charge >= 0.3 is 0 Å². The molecule has 3 rings (SSSR count). The second-order valence-corrected chi connectivity index (χ2v) is 21.0. The van der Waals surface area contributed by atoms with Gasteiger partial charge in [0.05, 0.1) is 16.1 Å². The third kappa shape index (κ3) is 4.09. The zero-order valence-electron chi connectivity index (χ0n) is 16.8. The van der Waals surface area contributed by atoms with Crippen molar-refractivity contribution in [2.45, 2.75) is 39.3 Å². The molecule has 134 valence electrons. The Kier molecular flexibility index (Phi) is 5.39. The molecule has 1 heterocycles. The molecule has 0 radical (unpaired) electrons. The minimum Gasteiger partial charge on any atom is -0.0772 e. The van der Waals surface area contributed by atoms with Crippen LogP contribution in [0.25, 0.3) is 22.3 Å². The van der Waals surface area contributed by atoms with Crippen LogP contribution in [0.1, 0.15) is 0 Å². The molecular weight excluding hydrogens is 363 g/mol. The van der Waals surface area contributed by atoms with Gasteiger partial charge < -0.3 is 0 Å². The molecule has 2 aromatic carbocycles. The fraction of sp³-hybridized carbons (Fsp3) is 0.261. The van der Waals surface area contributed by atoms with Crippen LogP contribution in [0.2, 0.25) is 39.3 Å². The molecule has 3 aromatic rings. The average Bonchev–Trinajstić information content (AvgIpc) is 2.60. The minimum absolute atomic E-state index is 1.36. The molecule has 0 saturated heterocycles. The van der Waals surface area contributed by atoms with Crippen molar-refractivity contribution in [3.05, 3.63) is 66.7 Å². The van der Waals surface area contributed by atoms with Gasteiger partial charge in [-0.05, 0) is 38.2 Å². The Balaban J connectivity index is 2.37. The van der Waals surface area contributed by atoms with Gasteiger partial charge in [0.2, 0.25) is 0 Å². The first kappa shape index (κ1) is 19.3. The molecule has 0 unspecified atom stereocenters. The fourth-order valence-electron chi connectivity index (χ4n) is 3.33. The molecule has 0 bridgehead atoms. The Morgan fingerprint density at radius 2 is 0.885 bits per heavy atom. The van der Waals surface area contributed by atoms with Crippen molar-refractivity contribution < 1.29 is 0 Å². The molecule has 0 saturated carbocycles. The van der Waals surface area contributed by atoms with Crippen LogP contribution in [0.5, 0.6) is 0 Å². The molecule has 0 aliphatic carbocycles. The molecule has 26 heavy (non-hydrogen) atoms. The van der Waals surface area contributed by atoms with E-state index in [0.717, 1.165) is 0 Å². The number of hydrogen-bond donors (Lipinski definition) is 0. The maximum absolute atomic E-state index is 2.50. The van der Waals surface area contributed by atoms with Gasteiger partial charge in [0, 0.05) is 0 Å². The summed E-state index contributed by atoms with van der Waals surface area (Å²) < 4.78 is 0. The van der Waals surface area contributed by atoms with E-state index in [-0.39, 0.29) is 0 Å². The molecular formula is C23H29PSi2. The molecule has 0 N–H and O–H groups in total. The summed E-state index contributed by atoms with van der Waals surface area (Å²) in [5, 5.41) is 0. The average molecular weight is 393 g/mol. The van der Waals surface area contributed by atoms with Crippen LogP contribution in [0.4, 0.5) is 0 Å². The van der Waals surface area contributed by atoms with E-state index in [1.807, 2.05) is 0 Å². The van der Waals surface area contributed by atoms with Gasteiger partial charge in [-0.1, -0.05) is 108 Å². The lowest BCUT2D eigenvalue weighted by Gasteiger charge is -2.28. The molecule has 0 aliphatic heterocycles. The van der Waals surface area contributed by atoms with Crippen molar-refractivity contribution in [1.29, 1.82) is 0 Å². The third-order valence-corrected chi connectivity index (χ3v) is 13.6. The Morgan fingerprint density at radius 1 is 0.538 bits per heavy atom. The molecule has 0 nitrogen and oxygen atoms in total. The van der Waals surface area contributed by atoms with Crippen molar-refractivity contribution in [1.82, 2.24) is 0 Å². The molecule has 0 amide bonds. The molecule has 1 aromatic heterocycles. The molecule has 0 aliphatic rings. The summed E-state index contributed by atoms with van der Waals surface area (Å²) in [6.07, 6.45) is 0. The Bertz CT molecular complexity index is 816. The Hall–Kier alpha value is -1.48. The van der Waals surface area contributed by atoms with Crippen molar-refractivity contribution in [2.24, 2.45) is 0 Å². The lowest BCUT2D eigenvalue weighted by molar-refractivity contribution is 1.63. The highest BCUT2D eigenvalue weighted by Crippen LogP contribution is 2.32. The van der Waals surface area contributed by atoms with Gasteiger partial charge in [-0.3, -0.25) is 0 Å². The first-order chi connectivity index (χ1) is 12.2. The standard InChI is InChI=1S/C23H29PSi2/c1-25(2,3)22-20(18-13-9-7-10-14-18)17-21(19-15-11-8-12-16-19)23(24-22)26(4,5)6/h7-17H,1-6H3. The largest absolute Gasteiger partial charge is 0.0843 e. The first-order valence-corrected chi connectivity index (χ1v) is 17.2. The summed E-state index contributed by atoms with van der Waals surface area (Å²) in [7, 11) is -1.38. The van der Waals surface area contributed by atoms with Crippen LogP contribution in [-0.2, 0) is 0 Å². The lowest BCUT2D eigenvalue weighted by atomic mass is 10.0. The number of benzene rings is 2. The van der Waals surface area contributed by atoms with Gasteiger partial charge in [-0.2, -0.15) is 0 Å². The van der Waals surface area contributed by atoms with Crippen LogP contribution in [0, 0.1) is 0 Å². The van der Waals surface area contributed by atoms with Gasteiger partial charge in [-0.15, -0.1) is 0 Å². The second-order valence-electron chi connectivity index (χ2n) is 9.01. The molecule has 0 fully saturated rings. The van der Waals surface area contributed by atoms with Crippen LogP contribution in [0.15, 0.2) is 66.7 Å². The van der Waals surface area contributed by atoms with E-state index in [9.17, 15) is 0 Å². The van der Waals surface area contributed by atoms with Crippen molar-refractivity contribution in [3.8, 4) is 22.3 Å². The van der Waals surface area contributed by atoms with Gasteiger partial charge in [0.15, 0.2) is 0 Å². The van der Waals surface area contributed by atoms with Crippen LogP contribution >= 0.6 is 8.19 Å². The highest BCUT2D eigenvalue weighted by molar-refractivity contribution is 7.50. The minimum atomic E-state index is -1.43. The monoisotopic (exact) mass is 392 g/mol. The number of hydrogen-bond acceptors (Lipinski definition) is 0. The van der Waals surface area contributed by atoms with E-state index >= 15 is 0 Å². The van der Waals surface area contributed by atoms with Crippen LogP contribution < -0.4 is 9.84 Å². The van der Waals surface area contributed by atoms with E-state index in [2.05, 4.69) is 106 Å². The van der Waals surface area contributed by atoms with Crippen molar-refractivity contribution >= 4 is 34.2 Å². The summed E-state index contributed by atoms with van der Waals surface area (Å²) in [6.45, 7) is 14.9. The van der Waals surface area contributed by atoms with Gasteiger partial charge in [0.1, 0.15) is 0 Å². The SMILES string of the molecule is C[Si](C)(C)c1pc([Si](C)(C)C)c(-c2ccccc2)cc1-c1ccccc1. The Morgan fingerprint density at radius 3 is 1.19 bits per heavy atom. The number of rotatable bonds is 4. The highest BCUT2D eigenvalue weighted by atomic mass is 31.0. The maximum Gasteiger partial charge on any atom is 0.0843 e. The van der Waals surface area contributed by atoms with Gasteiger partial charge in [-0.25, -0.2) is 0 Å². The van der Waals surface area contributed by atoms with E-state index in [4.69, 9.17) is 0 Å². The van der Waals surface area contributed by atoms with E-state index in [1.54, 1.807) is 9.84 Å². The lowest BCUT2D eigenvalue weighted by Crippen LogP contribution is -2.43. The maximum atomic E-state index is 2.50. The van der Waals surface area contributed by atoms with E-state index in [0.29, 0.717) is 0 Å². The summed E-state index contributed by atoms with van der Waals surface area (Å²) in [6, 6.07) is 24.4. The molecule has 3 heteroatoms. The summed E-state index contributed by atoms with van der Waals surface area (Å²) in [4.78, 5) is 3.36. The van der Waals surface area contributed by atoms with E-state index < -0.39 is 16.1 Å². The zero-order valence-corrected chi connectivity index (χ0v) is 19.7. The zero-order chi connectivity index (χ0) is 18.9. The molecule has 0 atom stereocenters. The smallest absolute Gasteiger partial charge is 0.0772 e. The normalized spacial score (nSPS) is 12.2. The summed E-state index contributed by atoms with van der Waals surface area (Å²) in [5.74, 6) is 0. The summed E-state index contributed by atoms with van der Waals surface area (Å²) in [5.41, 5.74) is 5.65.